The molecule has 3 rings (SSSR count). The molecule has 74 valence electrons. The van der Waals surface area contributed by atoms with Crippen LogP contribution in [0.1, 0.15) is 10.4 Å². The highest BCUT2D eigenvalue weighted by molar-refractivity contribution is 6.10. The molecule has 0 aliphatic carbocycles. The predicted molar refractivity (Wildman–Crippen MR) is 48.2 cm³/mol. The number of hydrogen-bond acceptors (Lipinski definition) is 5. The van der Waals surface area contributed by atoms with Crippen LogP contribution in [0.25, 0.3) is 11.2 Å². The summed E-state index contributed by atoms with van der Waals surface area (Å²) in [5, 5.41) is 0. The second kappa shape index (κ2) is 2.38. The minimum atomic E-state index is -0.625. The quantitative estimate of drug-likeness (QED) is 0.421. The summed E-state index contributed by atoms with van der Waals surface area (Å²) in [6.45, 7) is 3.26. The van der Waals surface area contributed by atoms with Crippen molar-refractivity contribution in [2.75, 3.05) is 0 Å². The Labute approximate surface area is 83.2 Å². The molecule has 15 heavy (non-hydrogen) atoms. The van der Waals surface area contributed by atoms with E-state index in [1.54, 1.807) is 0 Å². The van der Waals surface area contributed by atoms with Gasteiger partial charge in [-0.3, -0.25) is 0 Å². The smallest absolute Gasteiger partial charge is 0.347 e. The zero-order valence-electron chi connectivity index (χ0n) is 7.40. The summed E-state index contributed by atoms with van der Waals surface area (Å²) in [4.78, 5) is 22.2. The zero-order chi connectivity index (χ0) is 10.6. The molecule has 1 aliphatic rings. The molecule has 0 N–H and O–H groups in total. The number of carbonyl (C=O) groups excluding carboxylic acids is 2. The van der Waals surface area contributed by atoms with Crippen molar-refractivity contribution < 1.29 is 23.5 Å². The van der Waals surface area contributed by atoms with Crippen molar-refractivity contribution in [1.82, 2.24) is 0 Å². The molecule has 0 unspecified atom stereocenters. The third-order valence-corrected chi connectivity index (χ3v) is 2.15. The second-order valence-corrected chi connectivity index (χ2v) is 3.03. The molecule has 5 nitrogen and oxygen atoms in total. The summed E-state index contributed by atoms with van der Waals surface area (Å²) in [6.07, 6.45) is 1.02. The number of esters is 2. The second-order valence-electron chi connectivity index (χ2n) is 3.03. The molecule has 0 saturated carbocycles. The average molecular weight is 204 g/mol. The Kier molecular flexibility index (Phi) is 1.28. The molecular formula is C10H4O5. The van der Waals surface area contributed by atoms with Gasteiger partial charge in [-0.25, -0.2) is 9.59 Å². The van der Waals surface area contributed by atoms with Gasteiger partial charge >= 0.3 is 11.9 Å². The SMILES string of the molecule is C=CC(=O)Oc1c2c3oc1cc3C(=O)O2. The standard InChI is InChI=1S/C10H4O5/c1-2-6(11)14-8-5-3-4-7(13-5)9(8)15-10(4)12/h2-3H,1H2. The van der Waals surface area contributed by atoms with Crippen molar-refractivity contribution in [2.24, 2.45) is 0 Å². The molecule has 3 heterocycles. The summed E-state index contributed by atoms with van der Waals surface area (Å²) in [5.74, 6) is -0.786. The highest BCUT2D eigenvalue weighted by Crippen LogP contribution is 2.48. The molecule has 0 saturated heterocycles. The van der Waals surface area contributed by atoms with E-state index in [1.165, 1.54) is 6.07 Å². The van der Waals surface area contributed by atoms with Gasteiger partial charge in [0.2, 0.25) is 11.5 Å². The van der Waals surface area contributed by atoms with Crippen LogP contribution in [-0.4, -0.2) is 11.9 Å². The maximum atomic E-state index is 11.2. The van der Waals surface area contributed by atoms with Crippen LogP contribution in [0.4, 0.5) is 0 Å². The zero-order valence-corrected chi connectivity index (χ0v) is 7.40. The highest BCUT2D eigenvalue weighted by Gasteiger charge is 2.36. The number of ether oxygens (including phenoxy) is 2. The third-order valence-electron chi connectivity index (χ3n) is 2.15. The molecule has 1 aliphatic heterocycles. The lowest BCUT2D eigenvalue weighted by Gasteiger charge is -1.98. The van der Waals surface area contributed by atoms with E-state index in [4.69, 9.17) is 13.9 Å². The minimum Gasteiger partial charge on any atom is -0.448 e. The van der Waals surface area contributed by atoms with E-state index in [2.05, 4.69) is 6.58 Å². The van der Waals surface area contributed by atoms with Crippen molar-refractivity contribution in [2.45, 2.75) is 0 Å². The van der Waals surface area contributed by atoms with Gasteiger partial charge in [0.15, 0.2) is 11.2 Å². The third kappa shape index (κ3) is 0.864. The van der Waals surface area contributed by atoms with E-state index in [-0.39, 0.29) is 11.5 Å². The van der Waals surface area contributed by atoms with E-state index in [0.717, 1.165) is 6.08 Å². The largest absolute Gasteiger partial charge is 0.448 e. The van der Waals surface area contributed by atoms with Crippen molar-refractivity contribution in [3.63, 3.8) is 0 Å². The van der Waals surface area contributed by atoms with Crippen molar-refractivity contribution >= 4 is 23.1 Å². The predicted octanol–water partition coefficient (Wildman–Crippen LogP) is 1.49. The maximum Gasteiger partial charge on any atom is 0.347 e. The molecule has 0 amide bonds. The summed E-state index contributed by atoms with van der Waals surface area (Å²) in [5.41, 5.74) is 1.04. The van der Waals surface area contributed by atoms with Crippen molar-refractivity contribution in [3.05, 3.63) is 24.3 Å². The Morgan fingerprint density at radius 3 is 3.07 bits per heavy atom. The van der Waals surface area contributed by atoms with Gasteiger partial charge in [-0.1, -0.05) is 6.58 Å². The summed E-state index contributed by atoms with van der Waals surface area (Å²) < 4.78 is 15.0. The Morgan fingerprint density at radius 1 is 1.53 bits per heavy atom. The molecule has 2 bridgehead atoms. The molecular weight excluding hydrogens is 200 g/mol. The van der Waals surface area contributed by atoms with Gasteiger partial charge in [-0.05, 0) is 0 Å². The fraction of sp³-hybridized carbons (Fsp3) is 0. The van der Waals surface area contributed by atoms with Crippen LogP contribution in [0.2, 0.25) is 0 Å². The first-order valence-electron chi connectivity index (χ1n) is 4.16. The Bertz CT molecular complexity index is 592. The van der Waals surface area contributed by atoms with Crippen LogP contribution in [0, 0.1) is 0 Å². The van der Waals surface area contributed by atoms with Gasteiger partial charge in [-0.2, -0.15) is 0 Å². The van der Waals surface area contributed by atoms with Crippen LogP contribution in [0.5, 0.6) is 11.5 Å². The van der Waals surface area contributed by atoms with Gasteiger partial charge in [-0.15, -0.1) is 0 Å². The Balaban J connectivity index is 2.13. The molecule has 5 heteroatoms. The number of benzene rings is 1. The maximum absolute atomic E-state index is 11.2. The molecule has 0 atom stereocenters. The van der Waals surface area contributed by atoms with Gasteiger partial charge < -0.3 is 13.9 Å². The lowest BCUT2D eigenvalue weighted by Crippen LogP contribution is -2.04. The van der Waals surface area contributed by atoms with E-state index in [0.29, 0.717) is 16.7 Å². The lowest BCUT2D eigenvalue weighted by molar-refractivity contribution is -0.128. The molecule has 2 aromatic heterocycles. The summed E-state index contributed by atoms with van der Waals surface area (Å²) in [6, 6.07) is 1.49. The monoisotopic (exact) mass is 204 g/mol. The van der Waals surface area contributed by atoms with Crippen LogP contribution < -0.4 is 9.47 Å². The molecule has 0 fully saturated rings. The van der Waals surface area contributed by atoms with E-state index >= 15 is 0 Å². The van der Waals surface area contributed by atoms with Crippen LogP contribution in [0.15, 0.2) is 23.1 Å². The molecule has 0 aromatic carbocycles. The van der Waals surface area contributed by atoms with Gasteiger partial charge in [0.25, 0.3) is 0 Å². The topological polar surface area (TPSA) is 65.7 Å². The Hall–Kier alpha value is -2.30. The summed E-state index contributed by atoms with van der Waals surface area (Å²) >= 11 is 0. The van der Waals surface area contributed by atoms with Crippen molar-refractivity contribution in [1.29, 1.82) is 0 Å². The number of fused-ring (bicyclic) bond motifs is 1. The minimum absolute atomic E-state index is 0.143. The van der Waals surface area contributed by atoms with E-state index in [9.17, 15) is 9.59 Å². The van der Waals surface area contributed by atoms with Gasteiger partial charge in [0.1, 0.15) is 5.56 Å². The fourth-order valence-electron chi connectivity index (χ4n) is 1.52. The first-order valence-corrected chi connectivity index (χ1v) is 4.16. The normalized spacial score (nSPS) is 13.2. The number of carbonyl (C=O) groups is 2. The van der Waals surface area contributed by atoms with Gasteiger partial charge in [0.05, 0.1) is 0 Å². The van der Waals surface area contributed by atoms with Crippen LogP contribution in [0.3, 0.4) is 0 Å². The summed E-state index contributed by atoms with van der Waals surface area (Å²) in [7, 11) is 0. The average Bonchev–Trinajstić information content (AvgIpc) is 2.81. The molecule has 2 aromatic rings. The first-order chi connectivity index (χ1) is 7.20. The Morgan fingerprint density at radius 2 is 2.33 bits per heavy atom. The van der Waals surface area contributed by atoms with Crippen molar-refractivity contribution in [3.8, 4) is 11.5 Å². The van der Waals surface area contributed by atoms with E-state index < -0.39 is 11.9 Å². The molecule has 0 radical (unpaired) electrons. The van der Waals surface area contributed by atoms with E-state index in [1.807, 2.05) is 0 Å². The van der Waals surface area contributed by atoms with Crippen LogP contribution >= 0.6 is 0 Å². The number of furan rings is 2. The first kappa shape index (κ1) is 8.05. The lowest BCUT2D eigenvalue weighted by atomic mass is 10.2. The fourth-order valence-corrected chi connectivity index (χ4v) is 1.52. The van der Waals surface area contributed by atoms with Crippen LogP contribution in [-0.2, 0) is 4.79 Å². The highest BCUT2D eigenvalue weighted by atomic mass is 16.6. The molecule has 0 spiro atoms. The van der Waals surface area contributed by atoms with Gasteiger partial charge in [0, 0.05) is 12.1 Å². The number of hydrogen-bond donors (Lipinski definition) is 0. The number of rotatable bonds is 2.